The number of hydrogen-bond acceptors (Lipinski definition) is 2. The summed E-state index contributed by atoms with van der Waals surface area (Å²) in [4.78, 5) is 0. The first-order chi connectivity index (χ1) is 6.81. The van der Waals surface area contributed by atoms with E-state index in [1.165, 1.54) is 5.56 Å². The summed E-state index contributed by atoms with van der Waals surface area (Å²) >= 11 is 0. The molecule has 0 bridgehead atoms. The van der Waals surface area contributed by atoms with E-state index in [1.54, 1.807) is 0 Å². The van der Waals surface area contributed by atoms with Crippen LogP contribution in [-0.4, -0.2) is 11.7 Å². The van der Waals surface area contributed by atoms with Gasteiger partial charge in [-0.25, -0.2) is 0 Å². The van der Waals surface area contributed by atoms with Gasteiger partial charge in [-0.2, -0.15) is 0 Å². The molecule has 0 saturated heterocycles. The lowest BCUT2D eigenvalue weighted by Crippen LogP contribution is -2.44. The van der Waals surface area contributed by atoms with Crippen molar-refractivity contribution < 1.29 is 5.11 Å². The first-order valence-corrected chi connectivity index (χ1v) is 5.31. The minimum absolute atomic E-state index is 0.331. The van der Waals surface area contributed by atoms with Crippen LogP contribution >= 0.6 is 0 Å². The molecule has 0 amide bonds. The van der Waals surface area contributed by atoms with Gasteiger partial charge in [0, 0.05) is 12.0 Å². The van der Waals surface area contributed by atoms with E-state index in [0.717, 1.165) is 5.56 Å². The lowest BCUT2D eigenvalue weighted by atomic mass is 9.72. The Morgan fingerprint density at radius 2 is 1.60 bits per heavy atom. The van der Waals surface area contributed by atoms with Gasteiger partial charge in [0.2, 0.25) is 0 Å². The minimum atomic E-state index is -0.893. The number of hydrogen-bond donors (Lipinski definition) is 2. The van der Waals surface area contributed by atoms with E-state index in [2.05, 4.69) is 0 Å². The summed E-state index contributed by atoms with van der Waals surface area (Å²) < 4.78 is 0. The second-order valence-electron chi connectivity index (χ2n) is 5.03. The van der Waals surface area contributed by atoms with E-state index < -0.39 is 5.60 Å². The second kappa shape index (κ2) is 3.95. The fourth-order valence-corrected chi connectivity index (χ4v) is 1.47. The lowest BCUT2D eigenvalue weighted by molar-refractivity contribution is -0.0521. The maximum atomic E-state index is 10.5. The van der Waals surface area contributed by atoms with Crippen molar-refractivity contribution in [2.24, 2.45) is 11.1 Å². The van der Waals surface area contributed by atoms with Crippen molar-refractivity contribution in [1.82, 2.24) is 0 Å². The van der Waals surface area contributed by atoms with Crippen molar-refractivity contribution >= 4 is 0 Å². The van der Waals surface area contributed by atoms with Crippen LogP contribution in [0.15, 0.2) is 24.3 Å². The minimum Gasteiger partial charge on any atom is -0.385 e. The fraction of sp³-hybridized carbons (Fsp3) is 0.538. The molecule has 1 aromatic carbocycles. The van der Waals surface area contributed by atoms with Crippen LogP contribution in [0.2, 0.25) is 0 Å². The van der Waals surface area contributed by atoms with Gasteiger partial charge in [-0.3, -0.25) is 0 Å². The summed E-state index contributed by atoms with van der Waals surface area (Å²) in [7, 11) is 0. The number of nitrogens with two attached hydrogens (primary N) is 1. The van der Waals surface area contributed by atoms with Crippen LogP contribution in [-0.2, 0) is 5.60 Å². The molecule has 84 valence electrons. The van der Waals surface area contributed by atoms with Crippen molar-refractivity contribution in [1.29, 1.82) is 0 Å². The Morgan fingerprint density at radius 3 is 2.00 bits per heavy atom. The molecule has 1 rings (SSSR count). The van der Waals surface area contributed by atoms with Crippen LogP contribution in [0.4, 0.5) is 0 Å². The van der Waals surface area contributed by atoms with Crippen LogP contribution in [0, 0.1) is 12.3 Å². The van der Waals surface area contributed by atoms with Gasteiger partial charge in [-0.05, 0) is 19.4 Å². The molecule has 0 fully saturated rings. The first-order valence-electron chi connectivity index (χ1n) is 5.31. The average Bonchev–Trinajstić information content (AvgIpc) is 2.18. The Morgan fingerprint density at radius 1 is 1.13 bits per heavy atom. The third-order valence-electron chi connectivity index (χ3n) is 3.44. The predicted octanol–water partition coefficient (Wildman–Crippen LogP) is 2.19. The van der Waals surface area contributed by atoms with Gasteiger partial charge in [0.1, 0.15) is 0 Å². The summed E-state index contributed by atoms with van der Waals surface area (Å²) in [5, 5.41) is 10.5. The van der Waals surface area contributed by atoms with E-state index in [-0.39, 0.29) is 5.41 Å². The van der Waals surface area contributed by atoms with E-state index in [0.29, 0.717) is 6.54 Å². The van der Waals surface area contributed by atoms with Crippen molar-refractivity contribution in [3.63, 3.8) is 0 Å². The monoisotopic (exact) mass is 207 g/mol. The zero-order valence-corrected chi connectivity index (χ0v) is 10.0. The summed E-state index contributed by atoms with van der Waals surface area (Å²) in [5.74, 6) is 0. The van der Waals surface area contributed by atoms with Crippen molar-refractivity contribution in [2.75, 3.05) is 6.54 Å². The molecule has 15 heavy (non-hydrogen) atoms. The highest BCUT2D eigenvalue weighted by molar-refractivity contribution is 5.27. The number of rotatable bonds is 3. The molecule has 2 nitrogen and oxygen atoms in total. The maximum absolute atomic E-state index is 10.5. The molecule has 0 heterocycles. The summed E-state index contributed by atoms with van der Waals surface area (Å²) in [6, 6.07) is 7.95. The smallest absolute Gasteiger partial charge is 0.0931 e. The fourth-order valence-electron chi connectivity index (χ4n) is 1.47. The largest absolute Gasteiger partial charge is 0.385 e. The molecular weight excluding hydrogens is 186 g/mol. The molecule has 0 spiro atoms. The van der Waals surface area contributed by atoms with Gasteiger partial charge >= 0.3 is 0 Å². The Hall–Kier alpha value is -0.860. The molecule has 0 radical (unpaired) electrons. The summed E-state index contributed by atoms with van der Waals surface area (Å²) in [6.45, 7) is 8.27. The highest BCUT2D eigenvalue weighted by atomic mass is 16.3. The topological polar surface area (TPSA) is 46.2 Å². The lowest BCUT2D eigenvalue weighted by Gasteiger charge is -2.39. The third-order valence-corrected chi connectivity index (χ3v) is 3.44. The van der Waals surface area contributed by atoms with Gasteiger partial charge in [-0.1, -0.05) is 43.7 Å². The Labute approximate surface area is 92.1 Å². The molecule has 0 aliphatic heterocycles. The molecule has 1 atom stereocenters. The number of benzene rings is 1. The molecule has 0 aromatic heterocycles. The Bertz CT molecular complexity index is 325. The number of aliphatic hydroxyl groups is 1. The molecule has 0 saturated carbocycles. The highest BCUT2D eigenvalue weighted by Gasteiger charge is 2.39. The second-order valence-corrected chi connectivity index (χ2v) is 5.03. The predicted molar refractivity (Wildman–Crippen MR) is 63.6 cm³/mol. The molecule has 2 heteroatoms. The summed E-state index contributed by atoms with van der Waals surface area (Å²) in [5.41, 5.74) is 6.59. The zero-order chi connectivity index (χ0) is 11.7. The van der Waals surface area contributed by atoms with Crippen LogP contribution in [0.1, 0.15) is 31.9 Å². The SMILES string of the molecule is Cc1ccc(C(C)(O)C(C)(C)CN)cc1. The van der Waals surface area contributed by atoms with Crippen LogP contribution < -0.4 is 5.73 Å². The van der Waals surface area contributed by atoms with Gasteiger partial charge < -0.3 is 10.8 Å². The first kappa shape index (κ1) is 12.2. The maximum Gasteiger partial charge on any atom is 0.0931 e. The summed E-state index contributed by atoms with van der Waals surface area (Å²) in [6.07, 6.45) is 0. The quantitative estimate of drug-likeness (QED) is 0.798. The van der Waals surface area contributed by atoms with Gasteiger partial charge in [-0.15, -0.1) is 0 Å². The highest BCUT2D eigenvalue weighted by Crippen LogP contribution is 2.38. The number of aryl methyl sites for hydroxylation is 1. The van der Waals surface area contributed by atoms with E-state index in [9.17, 15) is 5.11 Å². The van der Waals surface area contributed by atoms with Crippen molar-refractivity contribution in [3.05, 3.63) is 35.4 Å². The van der Waals surface area contributed by atoms with Crippen molar-refractivity contribution in [3.8, 4) is 0 Å². The van der Waals surface area contributed by atoms with E-state index in [4.69, 9.17) is 5.73 Å². The zero-order valence-electron chi connectivity index (χ0n) is 10.0. The Kier molecular flexibility index (Phi) is 3.22. The average molecular weight is 207 g/mol. The van der Waals surface area contributed by atoms with Gasteiger partial charge in [0.15, 0.2) is 0 Å². The van der Waals surface area contributed by atoms with Crippen molar-refractivity contribution in [2.45, 2.75) is 33.3 Å². The molecular formula is C13H21NO. The van der Waals surface area contributed by atoms with Crippen LogP contribution in [0.5, 0.6) is 0 Å². The molecule has 0 aliphatic rings. The van der Waals surface area contributed by atoms with Crippen LogP contribution in [0.3, 0.4) is 0 Å². The molecule has 3 N–H and O–H groups in total. The van der Waals surface area contributed by atoms with Gasteiger partial charge in [0.25, 0.3) is 0 Å². The molecule has 1 aromatic rings. The van der Waals surface area contributed by atoms with E-state index >= 15 is 0 Å². The Balaban J connectivity index is 3.10. The molecule has 0 aliphatic carbocycles. The third kappa shape index (κ3) is 2.21. The van der Waals surface area contributed by atoms with Gasteiger partial charge in [0.05, 0.1) is 5.60 Å². The van der Waals surface area contributed by atoms with Crippen LogP contribution in [0.25, 0.3) is 0 Å². The van der Waals surface area contributed by atoms with E-state index in [1.807, 2.05) is 52.0 Å². The molecule has 1 unspecified atom stereocenters. The standard InChI is InChI=1S/C13H21NO/c1-10-5-7-11(8-6-10)13(4,15)12(2,3)9-14/h5-8,15H,9,14H2,1-4H3. The normalized spacial score (nSPS) is 16.1.